The van der Waals surface area contributed by atoms with E-state index in [1.165, 1.54) is 51.6 Å². The number of nitrogens with zero attached hydrogens (tertiary/aromatic N) is 3. The van der Waals surface area contributed by atoms with Gasteiger partial charge in [0.15, 0.2) is 0 Å². The maximum absolute atomic E-state index is 4.35. The van der Waals surface area contributed by atoms with Crippen LogP contribution in [0, 0.1) is 0 Å². The molecule has 1 aromatic rings. The molecule has 2 aliphatic rings. The van der Waals surface area contributed by atoms with Gasteiger partial charge in [-0.3, -0.25) is 9.58 Å². The Bertz CT molecular complexity index is 395. The second-order valence-electron chi connectivity index (χ2n) is 6.51. The highest BCUT2D eigenvalue weighted by atomic mass is 15.3. The van der Waals surface area contributed by atoms with Gasteiger partial charge in [0, 0.05) is 43.6 Å². The fraction of sp³-hybridized carbons (Fsp3) is 0.812. The van der Waals surface area contributed by atoms with Gasteiger partial charge in [-0.2, -0.15) is 5.10 Å². The van der Waals surface area contributed by atoms with Crippen LogP contribution in [0.3, 0.4) is 0 Å². The maximum atomic E-state index is 4.35. The Morgan fingerprint density at radius 2 is 2.15 bits per heavy atom. The van der Waals surface area contributed by atoms with Crippen LogP contribution >= 0.6 is 0 Å². The average molecular weight is 276 g/mol. The van der Waals surface area contributed by atoms with E-state index in [4.69, 9.17) is 0 Å². The topological polar surface area (TPSA) is 33.1 Å². The first kappa shape index (κ1) is 14.1. The van der Waals surface area contributed by atoms with Gasteiger partial charge in [0.25, 0.3) is 0 Å². The summed E-state index contributed by atoms with van der Waals surface area (Å²) in [5.41, 5.74) is 0.442. The second-order valence-corrected chi connectivity index (χ2v) is 6.51. The summed E-state index contributed by atoms with van der Waals surface area (Å²) in [4.78, 5) is 2.78. The Morgan fingerprint density at radius 3 is 2.85 bits per heavy atom. The highest BCUT2D eigenvalue weighted by Gasteiger charge is 2.42. The summed E-state index contributed by atoms with van der Waals surface area (Å²) < 4.78 is 2.07. The minimum absolute atomic E-state index is 0.442. The molecule has 0 aromatic carbocycles. The van der Waals surface area contributed by atoms with E-state index in [0.717, 1.165) is 13.1 Å². The molecule has 2 heterocycles. The summed E-state index contributed by atoms with van der Waals surface area (Å²) in [5.74, 6) is 0. The number of piperazine rings is 1. The summed E-state index contributed by atoms with van der Waals surface area (Å²) >= 11 is 0. The smallest absolute Gasteiger partial charge is 0.0536 e. The fourth-order valence-corrected chi connectivity index (χ4v) is 4.02. The van der Waals surface area contributed by atoms with Crippen LogP contribution in [-0.2, 0) is 6.54 Å². The Morgan fingerprint density at radius 1 is 1.30 bits per heavy atom. The first-order valence-electron chi connectivity index (χ1n) is 8.28. The lowest BCUT2D eigenvalue weighted by Gasteiger charge is -2.48. The Kier molecular flexibility index (Phi) is 4.41. The van der Waals surface area contributed by atoms with E-state index < -0.39 is 0 Å². The summed E-state index contributed by atoms with van der Waals surface area (Å²) in [5, 5.41) is 8.16. The molecule has 20 heavy (non-hydrogen) atoms. The van der Waals surface area contributed by atoms with E-state index in [2.05, 4.69) is 33.1 Å². The molecule has 1 atom stereocenters. The van der Waals surface area contributed by atoms with Crippen molar-refractivity contribution in [2.45, 2.75) is 63.6 Å². The third kappa shape index (κ3) is 2.91. The molecule has 4 nitrogen and oxygen atoms in total. The number of hydrogen-bond donors (Lipinski definition) is 1. The lowest BCUT2D eigenvalue weighted by molar-refractivity contribution is 0.0372. The van der Waals surface area contributed by atoms with Crippen LogP contribution in [0.15, 0.2) is 18.5 Å². The van der Waals surface area contributed by atoms with Crippen LogP contribution in [0.5, 0.6) is 0 Å². The predicted molar refractivity (Wildman–Crippen MR) is 81.7 cm³/mol. The van der Waals surface area contributed by atoms with Gasteiger partial charge in [-0.05, 0) is 25.3 Å². The van der Waals surface area contributed by atoms with E-state index in [1.54, 1.807) is 0 Å². The van der Waals surface area contributed by atoms with E-state index in [-0.39, 0.29) is 0 Å². The molecule has 1 saturated heterocycles. The molecule has 1 aliphatic carbocycles. The Labute approximate surface area is 122 Å². The van der Waals surface area contributed by atoms with Crippen molar-refractivity contribution in [3.63, 3.8) is 0 Å². The molecule has 1 saturated carbocycles. The van der Waals surface area contributed by atoms with Crippen molar-refractivity contribution >= 4 is 0 Å². The molecule has 2 fully saturated rings. The molecular formula is C16H28N4. The molecule has 1 N–H and O–H groups in total. The molecule has 4 heteroatoms. The van der Waals surface area contributed by atoms with Crippen LogP contribution in [0.4, 0.5) is 0 Å². The van der Waals surface area contributed by atoms with Gasteiger partial charge in [0.1, 0.15) is 0 Å². The highest BCUT2D eigenvalue weighted by molar-refractivity contribution is 5.01. The largest absolute Gasteiger partial charge is 0.311 e. The van der Waals surface area contributed by atoms with E-state index in [0.29, 0.717) is 11.6 Å². The van der Waals surface area contributed by atoms with Crippen LogP contribution in [0.2, 0.25) is 0 Å². The Balaban J connectivity index is 1.64. The summed E-state index contributed by atoms with van der Waals surface area (Å²) in [6.07, 6.45) is 12.1. The SMILES string of the molecule is CCCC1CN(CCn2cccn2)C2(CCCC2)CN1. The van der Waals surface area contributed by atoms with Gasteiger partial charge < -0.3 is 5.32 Å². The molecule has 1 spiro atoms. The standard InChI is InChI=1S/C16H28N4/c1-2-6-15-13-19(11-12-20-10-5-9-18-20)16(14-17-15)7-3-4-8-16/h5,9-10,15,17H,2-4,6-8,11-14H2,1H3. The van der Waals surface area contributed by atoms with Gasteiger partial charge in [-0.15, -0.1) is 0 Å². The van der Waals surface area contributed by atoms with Gasteiger partial charge in [0.05, 0.1) is 6.54 Å². The lowest BCUT2D eigenvalue weighted by atomic mass is 9.90. The average Bonchev–Trinajstić information content (AvgIpc) is 3.12. The van der Waals surface area contributed by atoms with Crippen LogP contribution in [-0.4, -0.2) is 45.9 Å². The summed E-state index contributed by atoms with van der Waals surface area (Å²) in [6, 6.07) is 2.70. The minimum Gasteiger partial charge on any atom is -0.311 e. The zero-order valence-corrected chi connectivity index (χ0v) is 12.7. The zero-order chi connectivity index (χ0) is 13.8. The van der Waals surface area contributed by atoms with E-state index >= 15 is 0 Å². The maximum Gasteiger partial charge on any atom is 0.0536 e. The first-order valence-corrected chi connectivity index (χ1v) is 8.28. The number of hydrogen-bond acceptors (Lipinski definition) is 3. The van der Waals surface area contributed by atoms with Gasteiger partial charge in [0.2, 0.25) is 0 Å². The van der Waals surface area contributed by atoms with Gasteiger partial charge >= 0.3 is 0 Å². The molecule has 112 valence electrons. The van der Waals surface area contributed by atoms with Crippen LogP contribution in [0.1, 0.15) is 45.4 Å². The molecular weight excluding hydrogens is 248 g/mol. The van der Waals surface area contributed by atoms with Gasteiger partial charge in [-0.1, -0.05) is 26.2 Å². The van der Waals surface area contributed by atoms with Crippen molar-refractivity contribution in [3.8, 4) is 0 Å². The quantitative estimate of drug-likeness (QED) is 0.895. The van der Waals surface area contributed by atoms with Crippen molar-refractivity contribution in [3.05, 3.63) is 18.5 Å². The van der Waals surface area contributed by atoms with E-state index in [9.17, 15) is 0 Å². The van der Waals surface area contributed by atoms with Crippen molar-refractivity contribution in [2.75, 3.05) is 19.6 Å². The Hall–Kier alpha value is -0.870. The number of aromatic nitrogens is 2. The van der Waals surface area contributed by atoms with Gasteiger partial charge in [-0.25, -0.2) is 0 Å². The normalized spacial score (nSPS) is 26.4. The molecule has 1 aliphatic heterocycles. The number of nitrogens with one attached hydrogen (secondary N) is 1. The van der Waals surface area contributed by atoms with Crippen molar-refractivity contribution < 1.29 is 0 Å². The van der Waals surface area contributed by atoms with Crippen molar-refractivity contribution in [2.24, 2.45) is 0 Å². The molecule has 1 aromatic heterocycles. The van der Waals surface area contributed by atoms with Crippen molar-refractivity contribution in [1.29, 1.82) is 0 Å². The fourth-order valence-electron chi connectivity index (χ4n) is 4.02. The van der Waals surface area contributed by atoms with E-state index in [1.807, 2.05) is 12.3 Å². The molecule has 1 unspecified atom stereocenters. The zero-order valence-electron chi connectivity index (χ0n) is 12.7. The number of rotatable bonds is 5. The molecule has 0 bridgehead atoms. The van der Waals surface area contributed by atoms with Crippen LogP contribution in [0.25, 0.3) is 0 Å². The highest BCUT2D eigenvalue weighted by Crippen LogP contribution is 2.37. The molecule has 0 amide bonds. The summed E-state index contributed by atoms with van der Waals surface area (Å²) in [7, 11) is 0. The first-order chi connectivity index (χ1) is 9.82. The van der Waals surface area contributed by atoms with Crippen LogP contribution < -0.4 is 5.32 Å². The third-order valence-corrected chi connectivity index (χ3v) is 5.16. The van der Waals surface area contributed by atoms with Crippen molar-refractivity contribution in [1.82, 2.24) is 20.0 Å². The predicted octanol–water partition coefficient (Wildman–Crippen LogP) is 2.27. The lowest BCUT2D eigenvalue weighted by Crippen LogP contribution is -2.63. The monoisotopic (exact) mass is 276 g/mol. The molecule has 3 rings (SSSR count). The third-order valence-electron chi connectivity index (χ3n) is 5.16. The summed E-state index contributed by atoms with van der Waals surface area (Å²) in [6.45, 7) is 6.86. The second kappa shape index (κ2) is 6.27. The molecule has 0 radical (unpaired) electrons. The minimum atomic E-state index is 0.442.